The van der Waals surface area contributed by atoms with Gasteiger partial charge in [0.2, 0.25) is 11.8 Å². The minimum Gasteiger partial charge on any atom is -0.382 e. The molecule has 86 valence electrons. The predicted octanol–water partition coefficient (Wildman–Crippen LogP) is -0.245. The van der Waals surface area contributed by atoms with Gasteiger partial charge in [-0.25, -0.2) is 0 Å². The maximum atomic E-state index is 11.5. The first-order valence-electron chi connectivity index (χ1n) is 4.52. The largest absolute Gasteiger partial charge is 0.382 e. The summed E-state index contributed by atoms with van der Waals surface area (Å²) in [5.41, 5.74) is 0. The summed E-state index contributed by atoms with van der Waals surface area (Å²) in [4.78, 5) is 22.4. The van der Waals surface area contributed by atoms with E-state index in [2.05, 4.69) is 16.9 Å². The lowest BCUT2D eigenvalue weighted by molar-refractivity contribution is -0.129. The molecule has 0 heterocycles. The zero-order valence-corrected chi connectivity index (χ0v) is 10.3. The van der Waals surface area contributed by atoms with Gasteiger partial charge in [0.1, 0.15) is 13.6 Å². The Balaban J connectivity index is 4.15. The Bertz CT molecular complexity index is 256. The van der Waals surface area contributed by atoms with Crippen molar-refractivity contribution in [3.05, 3.63) is 0 Å². The summed E-state index contributed by atoms with van der Waals surface area (Å²) in [6, 6.07) is -0.623. The number of ether oxygens (including phenoxy) is 1. The van der Waals surface area contributed by atoms with Crippen molar-refractivity contribution in [2.75, 3.05) is 26.7 Å². The second-order valence-electron chi connectivity index (χ2n) is 3.26. The molecule has 0 bridgehead atoms. The third-order valence-electron chi connectivity index (χ3n) is 1.55. The van der Waals surface area contributed by atoms with Gasteiger partial charge in [0, 0.05) is 14.0 Å². The van der Waals surface area contributed by atoms with Crippen molar-refractivity contribution >= 4 is 25.7 Å². The Morgan fingerprint density at radius 2 is 2.13 bits per heavy atom. The van der Waals surface area contributed by atoms with Crippen molar-refractivity contribution in [1.82, 2.24) is 10.6 Å². The van der Waals surface area contributed by atoms with E-state index in [4.69, 9.17) is 4.74 Å². The monoisotopic (exact) mass is 233 g/mol. The van der Waals surface area contributed by atoms with Gasteiger partial charge in [0.15, 0.2) is 6.29 Å². The van der Waals surface area contributed by atoms with Crippen LogP contribution in [0.4, 0.5) is 0 Å². The lowest BCUT2D eigenvalue weighted by Gasteiger charge is -2.15. The van der Waals surface area contributed by atoms with Gasteiger partial charge >= 0.3 is 0 Å². The molecule has 15 heavy (non-hydrogen) atoms. The maximum absolute atomic E-state index is 11.5. The Labute approximate surface area is 91.0 Å². The molecule has 0 spiro atoms. The van der Waals surface area contributed by atoms with Gasteiger partial charge < -0.3 is 15.4 Å². The lowest BCUT2D eigenvalue weighted by atomic mass is 10.3. The highest BCUT2D eigenvalue weighted by Crippen LogP contribution is 2.08. The van der Waals surface area contributed by atoms with E-state index in [-0.39, 0.29) is 18.4 Å². The van der Waals surface area contributed by atoms with Crippen molar-refractivity contribution in [2.24, 2.45) is 0 Å². The minimum atomic E-state index is -0.623. The van der Waals surface area contributed by atoms with E-state index >= 15 is 0 Å². The predicted molar refractivity (Wildman–Crippen MR) is 62.5 cm³/mol. The van der Waals surface area contributed by atoms with Crippen LogP contribution in [0.25, 0.3) is 0 Å². The number of hydrogen-bond donors (Lipinski definition) is 2. The van der Waals surface area contributed by atoms with Gasteiger partial charge in [-0.05, 0) is 0 Å². The molecule has 0 aliphatic rings. The van der Waals surface area contributed by atoms with Gasteiger partial charge in [0.25, 0.3) is 0 Å². The average Bonchev–Trinajstić information content (AvgIpc) is 2.12. The summed E-state index contributed by atoms with van der Waals surface area (Å²) in [7, 11) is 1.06. The van der Waals surface area contributed by atoms with Crippen molar-refractivity contribution in [1.29, 1.82) is 0 Å². The van der Waals surface area contributed by atoms with Gasteiger partial charge in [0.05, 0.1) is 19.6 Å². The Morgan fingerprint density at radius 1 is 1.53 bits per heavy atom. The van der Waals surface area contributed by atoms with Crippen molar-refractivity contribution in [2.45, 2.75) is 13.0 Å². The van der Waals surface area contributed by atoms with Crippen LogP contribution in [-0.2, 0) is 14.3 Å². The van der Waals surface area contributed by atoms with E-state index in [1.165, 1.54) is 14.0 Å². The number of nitrogens with one attached hydrogen (secondary N) is 2. The SMILES string of the molecule is C=[P+](C)CNC(=O)C(COC)NC(C)=O. The molecule has 0 radical (unpaired) electrons. The van der Waals surface area contributed by atoms with Gasteiger partial charge in [-0.1, -0.05) is 0 Å². The summed E-state index contributed by atoms with van der Waals surface area (Å²) >= 11 is 0. The molecule has 0 saturated carbocycles. The molecular formula is C9H18N2O3P+. The number of rotatable bonds is 6. The fourth-order valence-electron chi connectivity index (χ4n) is 0.931. The average molecular weight is 233 g/mol. The van der Waals surface area contributed by atoms with Crippen LogP contribution in [0, 0.1) is 0 Å². The Morgan fingerprint density at radius 3 is 2.53 bits per heavy atom. The Kier molecular flexibility index (Phi) is 6.92. The third-order valence-corrected chi connectivity index (χ3v) is 2.25. The molecule has 2 amide bonds. The van der Waals surface area contributed by atoms with E-state index in [1.807, 2.05) is 6.66 Å². The van der Waals surface area contributed by atoms with Gasteiger partial charge in [-0.2, -0.15) is 0 Å². The molecule has 2 atom stereocenters. The van der Waals surface area contributed by atoms with Crippen molar-refractivity contribution < 1.29 is 14.3 Å². The highest BCUT2D eigenvalue weighted by Gasteiger charge is 2.19. The van der Waals surface area contributed by atoms with Crippen LogP contribution in [0.2, 0.25) is 0 Å². The molecule has 6 heteroatoms. The standard InChI is InChI=1S/C9H17N2O3P/c1-7(12)11-8(5-14-2)9(13)10-6-15(3)4/h8H,3,5-6H2,1-2,4H3,(H-,10,11,12,13)/p+1. The second-order valence-corrected chi connectivity index (χ2v) is 5.29. The molecule has 2 unspecified atom stereocenters. The number of carbonyl (C=O) groups excluding carboxylic acids is 2. The zero-order valence-electron chi connectivity index (χ0n) is 9.37. The quantitative estimate of drug-likeness (QED) is 0.622. The molecule has 0 aliphatic carbocycles. The Hall–Kier alpha value is -0.930. The summed E-state index contributed by atoms with van der Waals surface area (Å²) < 4.78 is 4.85. The fraction of sp³-hybridized carbons (Fsp3) is 0.667. The van der Waals surface area contributed by atoms with Gasteiger partial charge in [-0.15, -0.1) is 0 Å². The highest BCUT2D eigenvalue weighted by atomic mass is 31.1. The number of methoxy groups -OCH3 is 1. The smallest absolute Gasteiger partial charge is 0.248 e. The van der Waals surface area contributed by atoms with E-state index in [9.17, 15) is 9.59 Å². The fourth-order valence-corrected chi connectivity index (χ4v) is 1.36. The van der Waals surface area contributed by atoms with Crippen molar-refractivity contribution in [3.63, 3.8) is 0 Å². The highest BCUT2D eigenvalue weighted by molar-refractivity contribution is 7.54. The number of carbonyl (C=O) groups is 2. The number of amides is 2. The van der Waals surface area contributed by atoms with Crippen LogP contribution in [0.5, 0.6) is 0 Å². The third kappa shape index (κ3) is 7.05. The molecular weight excluding hydrogens is 215 g/mol. The molecule has 2 N–H and O–H groups in total. The molecule has 0 aromatic carbocycles. The van der Waals surface area contributed by atoms with Crippen LogP contribution < -0.4 is 10.6 Å². The second kappa shape index (κ2) is 7.37. The summed E-state index contributed by atoms with van der Waals surface area (Å²) in [6.07, 6.45) is 4.36. The van der Waals surface area contributed by atoms with Crippen LogP contribution >= 0.6 is 7.55 Å². The summed E-state index contributed by atoms with van der Waals surface area (Å²) in [5, 5.41) is 5.22. The first kappa shape index (κ1) is 14.1. The summed E-state index contributed by atoms with van der Waals surface area (Å²) in [5.74, 6) is -0.481. The van der Waals surface area contributed by atoms with E-state index in [1.54, 1.807) is 0 Å². The molecule has 5 nitrogen and oxygen atoms in total. The normalized spacial score (nSPS) is 12.9. The first-order chi connectivity index (χ1) is 6.97. The molecule has 0 aromatic rings. The minimum absolute atomic E-state index is 0.171. The maximum Gasteiger partial charge on any atom is 0.248 e. The van der Waals surface area contributed by atoms with Crippen LogP contribution in [0.3, 0.4) is 0 Å². The molecule has 0 rings (SSSR count). The van der Waals surface area contributed by atoms with E-state index in [0.29, 0.717) is 6.29 Å². The molecule has 0 aromatic heterocycles. The molecule has 0 aliphatic heterocycles. The van der Waals surface area contributed by atoms with E-state index in [0.717, 1.165) is 0 Å². The zero-order chi connectivity index (χ0) is 11.8. The lowest BCUT2D eigenvalue weighted by Crippen LogP contribution is -2.48. The molecule has 0 fully saturated rings. The van der Waals surface area contributed by atoms with Gasteiger partial charge in [-0.3, -0.25) is 9.59 Å². The van der Waals surface area contributed by atoms with Crippen LogP contribution in [0.15, 0.2) is 0 Å². The number of hydrogen-bond acceptors (Lipinski definition) is 3. The molecule has 0 saturated heterocycles. The first-order valence-corrected chi connectivity index (χ1v) is 6.68. The van der Waals surface area contributed by atoms with Crippen molar-refractivity contribution in [3.8, 4) is 0 Å². The summed E-state index contributed by atoms with van der Waals surface area (Å²) in [6.45, 7) is 3.49. The van der Waals surface area contributed by atoms with Crippen LogP contribution in [0.1, 0.15) is 6.92 Å². The van der Waals surface area contributed by atoms with Crippen LogP contribution in [-0.4, -0.2) is 50.8 Å². The van der Waals surface area contributed by atoms with E-state index < -0.39 is 13.6 Å². The topological polar surface area (TPSA) is 67.4 Å².